The molecule has 0 saturated carbocycles. The predicted molar refractivity (Wildman–Crippen MR) is 84.2 cm³/mol. The van der Waals surface area contributed by atoms with Gasteiger partial charge < -0.3 is 10.6 Å². The Morgan fingerprint density at radius 1 is 1.38 bits per heavy atom. The summed E-state index contributed by atoms with van der Waals surface area (Å²) in [6.07, 6.45) is 1.96. The molecule has 2 rings (SSSR count). The monoisotopic (exact) mass is 375 g/mol. The summed E-state index contributed by atoms with van der Waals surface area (Å²) in [7, 11) is -2.29. The van der Waals surface area contributed by atoms with E-state index in [0.29, 0.717) is 23.2 Å². The molecule has 8 heteroatoms. The lowest BCUT2D eigenvalue weighted by Gasteiger charge is -2.21. The van der Waals surface area contributed by atoms with Gasteiger partial charge in [0.25, 0.3) is 0 Å². The van der Waals surface area contributed by atoms with E-state index in [0.717, 1.165) is 17.1 Å². The minimum absolute atomic E-state index is 0.111. The molecule has 1 saturated heterocycles. The van der Waals surface area contributed by atoms with Crippen LogP contribution in [0.3, 0.4) is 0 Å². The van der Waals surface area contributed by atoms with E-state index >= 15 is 0 Å². The van der Waals surface area contributed by atoms with Crippen molar-refractivity contribution in [3.63, 3.8) is 0 Å². The zero-order chi connectivity index (χ0) is 15.6. The molecule has 1 amide bonds. The Morgan fingerprint density at radius 2 is 2.00 bits per heavy atom. The molecule has 1 fully saturated rings. The third-order valence-corrected chi connectivity index (χ3v) is 5.98. The fraction of sp³-hybridized carbons (Fsp3) is 0.462. The van der Waals surface area contributed by atoms with Crippen LogP contribution in [0.25, 0.3) is 0 Å². The number of carbonyl (C=O) groups is 1. The van der Waals surface area contributed by atoms with Gasteiger partial charge in [-0.05, 0) is 47.0 Å². The number of likely N-dealkylation sites (tertiary alicyclic amines) is 1. The Labute approximate surface area is 133 Å². The molecule has 1 heterocycles. The minimum Gasteiger partial charge on any atom is -0.398 e. The average molecular weight is 376 g/mol. The summed E-state index contributed by atoms with van der Waals surface area (Å²) in [6, 6.07) is 4.40. The Balaban J connectivity index is 2.14. The van der Waals surface area contributed by atoms with E-state index in [-0.39, 0.29) is 17.3 Å². The summed E-state index contributed by atoms with van der Waals surface area (Å²) in [5, 5.41) is 0. The van der Waals surface area contributed by atoms with E-state index in [9.17, 15) is 13.2 Å². The van der Waals surface area contributed by atoms with Gasteiger partial charge in [0, 0.05) is 30.3 Å². The van der Waals surface area contributed by atoms with Gasteiger partial charge in [-0.2, -0.15) is 4.31 Å². The molecule has 1 aliphatic heterocycles. The molecule has 0 radical (unpaired) electrons. The summed E-state index contributed by atoms with van der Waals surface area (Å²) in [5.74, 6) is -0.159. The van der Waals surface area contributed by atoms with Gasteiger partial charge in [0.15, 0.2) is 0 Å². The normalized spacial score (nSPS) is 15.7. The number of rotatable bonds is 4. The van der Waals surface area contributed by atoms with Crippen LogP contribution in [0.4, 0.5) is 5.69 Å². The lowest BCUT2D eigenvalue weighted by molar-refractivity contribution is -0.130. The van der Waals surface area contributed by atoms with Crippen LogP contribution in [-0.4, -0.2) is 50.2 Å². The van der Waals surface area contributed by atoms with Crippen molar-refractivity contribution in [2.24, 2.45) is 0 Å². The number of hydrogen-bond donors (Lipinski definition) is 1. The second-order valence-electron chi connectivity index (χ2n) is 5.03. The largest absolute Gasteiger partial charge is 0.398 e. The zero-order valence-corrected chi connectivity index (χ0v) is 14.2. The second-order valence-corrected chi connectivity index (χ2v) is 7.93. The van der Waals surface area contributed by atoms with Crippen molar-refractivity contribution >= 4 is 37.5 Å². The van der Waals surface area contributed by atoms with E-state index in [1.165, 1.54) is 25.2 Å². The van der Waals surface area contributed by atoms with Crippen LogP contribution in [-0.2, 0) is 14.8 Å². The van der Waals surface area contributed by atoms with E-state index in [1.54, 1.807) is 4.90 Å². The van der Waals surface area contributed by atoms with E-state index in [4.69, 9.17) is 5.73 Å². The van der Waals surface area contributed by atoms with Crippen LogP contribution >= 0.6 is 15.9 Å². The van der Waals surface area contributed by atoms with Crippen molar-refractivity contribution in [2.45, 2.75) is 17.7 Å². The first-order valence-electron chi connectivity index (χ1n) is 6.61. The van der Waals surface area contributed by atoms with E-state index < -0.39 is 10.0 Å². The van der Waals surface area contributed by atoms with Crippen molar-refractivity contribution in [1.82, 2.24) is 9.21 Å². The Bertz CT molecular complexity index is 642. The first kappa shape index (κ1) is 16.3. The van der Waals surface area contributed by atoms with Crippen molar-refractivity contribution in [3.8, 4) is 0 Å². The van der Waals surface area contributed by atoms with Gasteiger partial charge in [-0.3, -0.25) is 4.79 Å². The molecular weight excluding hydrogens is 358 g/mol. The fourth-order valence-electron chi connectivity index (χ4n) is 2.19. The van der Waals surface area contributed by atoms with Gasteiger partial charge >= 0.3 is 0 Å². The maximum atomic E-state index is 12.4. The Kier molecular flexibility index (Phi) is 4.90. The molecule has 1 aliphatic rings. The molecule has 0 spiro atoms. The first-order valence-corrected chi connectivity index (χ1v) is 8.85. The maximum absolute atomic E-state index is 12.4. The van der Waals surface area contributed by atoms with Crippen molar-refractivity contribution in [3.05, 3.63) is 22.7 Å². The summed E-state index contributed by atoms with van der Waals surface area (Å²) in [6.45, 7) is 1.27. The minimum atomic E-state index is -3.70. The SMILES string of the molecule is CN(CC(=O)N1CCCC1)S(=O)(=O)c1ccc(N)c(Br)c1. The molecule has 1 aromatic rings. The lowest BCUT2D eigenvalue weighted by atomic mass is 10.3. The number of hydrogen-bond acceptors (Lipinski definition) is 4. The molecule has 6 nitrogen and oxygen atoms in total. The maximum Gasteiger partial charge on any atom is 0.243 e. The van der Waals surface area contributed by atoms with Gasteiger partial charge in [-0.25, -0.2) is 8.42 Å². The number of nitrogens with zero attached hydrogens (tertiary/aromatic N) is 2. The van der Waals surface area contributed by atoms with Crippen LogP contribution in [0, 0.1) is 0 Å². The Morgan fingerprint density at radius 3 is 2.57 bits per heavy atom. The van der Waals surface area contributed by atoms with Crippen molar-refractivity contribution in [1.29, 1.82) is 0 Å². The van der Waals surface area contributed by atoms with Gasteiger partial charge in [-0.1, -0.05) is 0 Å². The third-order valence-electron chi connectivity index (χ3n) is 3.50. The number of carbonyl (C=O) groups excluding carboxylic acids is 1. The highest BCUT2D eigenvalue weighted by Gasteiger charge is 2.26. The van der Waals surface area contributed by atoms with Crippen LogP contribution in [0.1, 0.15) is 12.8 Å². The topological polar surface area (TPSA) is 83.7 Å². The molecule has 0 bridgehead atoms. The van der Waals surface area contributed by atoms with E-state index in [1.807, 2.05) is 0 Å². The number of amides is 1. The molecule has 0 aromatic heterocycles. The number of nitrogens with two attached hydrogens (primary N) is 1. The van der Waals surface area contributed by atoms with Gasteiger partial charge in [0.05, 0.1) is 11.4 Å². The molecular formula is C13H18BrN3O3S. The lowest BCUT2D eigenvalue weighted by Crippen LogP contribution is -2.39. The third kappa shape index (κ3) is 3.56. The molecule has 0 atom stereocenters. The summed E-state index contributed by atoms with van der Waals surface area (Å²) in [4.78, 5) is 13.9. The first-order chi connectivity index (χ1) is 9.82. The number of sulfonamides is 1. The highest BCUT2D eigenvalue weighted by Crippen LogP contribution is 2.24. The van der Waals surface area contributed by atoms with Crippen LogP contribution in [0.15, 0.2) is 27.6 Å². The molecule has 0 unspecified atom stereocenters. The number of anilines is 1. The summed E-state index contributed by atoms with van der Waals surface area (Å²) in [5.41, 5.74) is 6.12. The van der Waals surface area contributed by atoms with Gasteiger partial charge in [-0.15, -0.1) is 0 Å². The molecule has 21 heavy (non-hydrogen) atoms. The molecule has 0 aliphatic carbocycles. The predicted octanol–water partition coefficient (Wildman–Crippen LogP) is 1.27. The molecule has 2 N–H and O–H groups in total. The number of benzene rings is 1. The number of halogens is 1. The van der Waals surface area contributed by atoms with Gasteiger partial charge in [0.2, 0.25) is 15.9 Å². The van der Waals surface area contributed by atoms with Gasteiger partial charge in [0.1, 0.15) is 0 Å². The van der Waals surface area contributed by atoms with Crippen LogP contribution < -0.4 is 5.73 Å². The van der Waals surface area contributed by atoms with Crippen molar-refractivity contribution in [2.75, 3.05) is 32.4 Å². The highest BCUT2D eigenvalue weighted by molar-refractivity contribution is 9.10. The standard InChI is InChI=1S/C13H18BrN3O3S/c1-16(9-13(18)17-6-2-3-7-17)21(19,20)10-4-5-12(15)11(14)8-10/h4-5,8H,2-3,6-7,9,15H2,1H3. The fourth-order valence-corrected chi connectivity index (χ4v) is 3.87. The highest BCUT2D eigenvalue weighted by atomic mass is 79.9. The molecule has 116 valence electrons. The average Bonchev–Trinajstić information content (AvgIpc) is 2.95. The van der Waals surface area contributed by atoms with Crippen molar-refractivity contribution < 1.29 is 13.2 Å². The second kappa shape index (κ2) is 6.33. The molecule has 1 aromatic carbocycles. The quantitative estimate of drug-likeness (QED) is 0.803. The van der Waals surface area contributed by atoms with Crippen LogP contribution in [0.5, 0.6) is 0 Å². The zero-order valence-electron chi connectivity index (χ0n) is 11.8. The number of likely N-dealkylation sites (N-methyl/N-ethyl adjacent to an activating group) is 1. The summed E-state index contributed by atoms with van der Waals surface area (Å²) >= 11 is 3.21. The number of nitrogen functional groups attached to an aromatic ring is 1. The summed E-state index contributed by atoms with van der Waals surface area (Å²) < 4.78 is 26.5. The van der Waals surface area contributed by atoms with Crippen LogP contribution in [0.2, 0.25) is 0 Å². The Hall–Kier alpha value is -1.12. The van der Waals surface area contributed by atoms with E-state index in [2.05, 4.69) is 15.9 Å². The smallest absolute Gasteiger partial charge is 0.243 e.